The van der Waals surface area contributed by atoms with Crippen molar-refractivity contribution >= 4 is 21.6 Å². The van der Waals surface area contributed by atoms with Crippen molar-refractivity contribution in [1.29, 1.82) is 0 Å². The van der Waals surface area contributed by atoms with Crippen molar-refractivity contribution in [2.24, 2.45) is 0 Å². The molecule has 3 rings (SSSR count). The minimum absolute atomic E-state index is 0.0261. The zero-order valence-corrected chi connectivity index (χ0v) is 19.3. The summed E-state index contributed by atoms with van der Waals surface area (Å²) in [6.07, 6.45) is 1.06. The Kier molecular flexibility index (Phi) is 8.57. The maximum atomic E-state index is 13.0. The molecule has 1 amide bonds. The second-order valence-electron chi connectivity index (χ2n) is 7.86. The number of carbonyl (C=O) groups is 1. The van der Waals surface area contributed by atoms with E-state index in [0.29, 0.717) is 12.2 Å². The summed E-state index contributed by atoms with van der Waals surface area (Å²) in [4.78, 5) is 14.4. The standard InChI is InChI=1S/C25H28FN3O3S/c1-29(19-21-6-3-2-4-7-21)17-5-16-27-25(30)18-20-8-12-23(13-9-20)28-33(31,32)24-14-10-22(26)11-15-24/h2-4,6-15,28H,5,16-19H2,1H3,(H,27,30). The van der Waals surface area contributed by atoms with Crippen molar-refractivity contribution in [3.63, 3.8) is 0 Å². The highest BCUT2D eigenvalue weighted by atomic mass is 32.2. The van der Waals surface area contributed by atoms with Crippen LogP contribution >= 0.6 is 0 Å². The summed E-state index contributed by atoms with van der Waals surface area (Å²) in [5.74, 6) is -0.587. The minimum atomic E-state index is -3.81. The summed E-state index contributed by atoms with van der Waals surface area (Å²) in [5, 5.41) is 2.92. The number of rotatable bonds is 11. The number of benzene rings is 3. The second-order valence-corrected chi connectivity index (χ2v) is 9.54. The lowest BCUT2D eigenvalue weighted by molar-refractivity contribution is -0.120. The molecule has 0 bridgehead atoms. The zero-order chi connectivity index (χ0) is 23.7. The van der Waals surface area contributed by atoms with E-state index in [1.807, 2.05) is 18.2 Å². The van der Waals surface area contributed by atoms with Gasteiger partial charge in [0.25, 0.3) is 10.0 Å². The number of carbonyl (C=O) groups excluding carboxylic acids is 1. The summed E-state index contributed by atoms with van der Waals surface area (Å²) in [6, 6.07) is 21.4. The Bertz CT molecular complexity index is 1140. The van der Waals surface area contributed by atoms with Crippen molar-refractivity contribution in [2.75, 3.05) is 24.9 Å². The van der Waals surface area contributed by atoms with Gasteiger partial charge >= 0.3 is 0 Å². The van der Waals surface area contributed by atoms with Gasteiger partial charge in [-0.25, -0.2) is 12.8 Å². The number of anilines is 1. The van der Waals surface area contributed by atoms with Crippen molar-refractivity contribution in [2.45, 2.75) is 24.3 Å². The molecule has 0 saturated carbocycles. The van der Waals surface area contributed by atoms with E-state index in [9.17, 15) is 17.6 Å². The monoisotopic (exact) mass is 469 g/mol. The van der Waals surface area contributed by atoms with E-state index in [0.717, 1.165) is 37.2 Å². The van der Waals surface area contributed by atoms with Gasteiger partial charge in [-0.1, -0.05) is 42.5 Å². The van der Waals surface area contributed by atoms with E-state index in [2.05, 4.69) is 34.1 Å². The molecule has 3 aromatic rings. The van der Waals surface area contributed by atoms with Crippen LogP contribution in [0.2, 0.25) is 0 Å². The van der Waals surface area contributed by atoms with Gasteiger partial charge in [-0.2, -0.15) is 0 Å². The molecule has 33 heavy (non-hydrogen) atoms. The molecule has 0 saturated heterocycles. The molecule has 0 radical (unpaired) electrons. The molecule has 0 fully saturated rings. The van der Waals surface area contributed by atoms with Crippen molar-refractivity contribution in [1.82, 2.24) is 10.2 Å². The molecule has 0 unspecified atom stereocenters. The van der Waals surface area contributed by atoms with Crippen LogP contribution < -0.4 is 10.0 Å². The Morgan fingerprint density at radius 1 is 0.909 bits per heavy atom. The van der Waals surface area contributed by atoms with Crippen LogP contribution in [0.5, 0.6) is 0 Å². The number of hydrogen-bond acceptors (Lipinski definition) is 4. The van der Waals surface area contributed by atoms with Gasteiger partial charge in [0, 0.05) is 18.8 Å². The first-order valence-electron chi connectivity index (χ1n) is 10.7. The van der Waals surface area contributed by atoms with Crippen LogP contribution in [-0.4, -0.2) is 39.4 Å². The lowest BCUT2D eigenvalue weighted by atomic mass is 10.1. The topological polar surface area (TPSA) is 78.5 Å². The SMILES string of the molecule is CN(CCCNC(=O)Cc1ccc(NS(=O)(=O)c2ccc(F)cc2)cc1)Cc1ccccc1. The van der Waals surface area contributed by atoms with E-state index in [1.54, 1.807) is 24.3 Å². The summed E-state index contributed by atoms with van der Waals surface area (Å²) in [7, 11) is -1.75. The van der Waals surface area contributed by atoms with Gasteiger partial charge < -0.3 is 10.2 Å². The lowest BCUT2D eigenvalue weighted by Crippen LogP contribution is -2.29. The number of nitrogens with one attached hydrogen (secondary N) is 2. The Balaban J connectivity index is 1.40. The molecular formula is C25H28FN3O3S. The fourth-order valence-corrected chi connectivity index (χ4v) is 4.38. The zero-order valence-electron chi connectivity index (χ0n) is 18.5. The van der Waals surface area contributed by atoms with E-state index >= 15 is 0 Å². The largest absolute Gasteiger partial charge is 0.356 e. The maximum absolute atomic E-state index is 13.0. The van der Waals surface area contributed by atoms with E-state index in [4.69, 9.17) is 0 Å². The minimum Gasteiger partial charge on any atom is -0.356 e. The van der Waals surface area contributed by atoms with Crippen LogP contribution in [0.4, 0.5) is 10.1 Å². The number of sulfonamides is 1. The first kappa shape index (κ1) is 24.4. The molecule has 0 aliphatic rings. The maximum Gasteiger partial charge on any atom is 0.261 e. The van der Waals surface area contributed by atoms with Crippen LogP contribution in [0.1, 0.15) is 17.5 Å². The van der Waals surface area contributed by atoms with Crippen LogP contribution in [0, 0.1) is 5.82 Å². The number of halogens is 1. The number of hydrogen-bond donors (Lipinski definition) is 2. The normalized spacial score (nSPS) is 11.4. The highest BCUT2D eigenvalue weighted by Gasteiger charge is 2.14. The van der Waals surface area contributed by atoms with Gasteiger partial charge in [-0.15, -0.1) is 0 Å². The average molecular weight is 470 g/mol. The number of nitrogens with zero attached hydrogens (tertiary/aromatic N) is 1. The van der Waals surface area contributed by atoms with Crippen LogP contribution in [0.25, 0.3) is 0 Å². The molecule has 0 aliphatic carbocycles. The molecule has 3 aromatic carbocycles. The Labute approximate surface area is 194 Å². The van der Waals surface area contributed by atoms with E-state index in [-0.39, 0.29) is 17.2 Å². The summed E-state index contributed by atoms with van der Waals surface area (Å²) in [6.45, 7) is 2.33. The van der Waals surface area contributed by atoms with Gasteiger partial charge in [0.15, 0.2) is 0 Å². The van der Waals surface area contributed by atoms with Gasteiger partial charge in [-0.05, 0) is 67.5 Å². The highest BCUT2D eigenvalue weighted by Crippen LogP contribution is 2.17. The molecule has 0 aliphatic heterocycles. The van der Waals surface area contributed by atoms with E-state index < -0.39 is 15.8 Å². The number of amides is 1. The third-order valence-electron chi connectivity index (χ3n) is 5.03. The predicted molar refractivity (Wildman–Crippen MR) is 128 cm³/mol. The van der Waals surface area contributed by atoms with Gasteiger partial charge in [0.1, 0.15) is 5.82 Å². The third kappa shape index (κ3) is 8.00. The van der Waals surface area contributed by atoms with Crippen LogP contribution in [-0.2, 0) is 27.8 Å². The van der Waals surface area contributed by atoms with Gasteiger partial charge in [-0.3, -0.25) is 9.52 Å². The molecular weight excluding hydrogens is 441 g/mol. The fourth-order valence-electron chi connectivity index (χ4n) is 3.32. The van der Waals surface area contributed by atoms with Gasteiger partial charge in [0.2, 0.25) is 5.91 Å². The van der Waals surface area contributed by atoms with Crippen molar-refractivity contribution in [3.8, 4) is 0 Å². The molecule has 0 heterocycles. The average Bonchev–Trinajstić information content (AvgIpc) is 2.79. The quantitative estimate of drug-likeness (QED) is 0.419. The highest BCUT2D eigenvalue weighted by molar-refractivity contribution is 7.92. The third-order valence-corrected chi connectivity index (χ3v) is 6.43. The molecule has 0 spiro atoms. The first-order valence-corrected chi connectivity index (χ1v) is 12.2. The summed E-state index contributed by atoms with van der Waals surface area (Å²) < 4.78 is 40.2. The lowest BCUT2D eigenvalue weighted by Gasteiger charge is -2.16. The summed E-state index contributed by atoms with van der Waals surface area (Å²) in [5.41, 5.74) is 2.40. The van der Waals surface area contributed by atoms with Crippen LogP contribution in [0.15, 0.2) is 83.8 Å². The molecule has 2 N–H and O–H groups in total. The molecule has 0 aromatic heterocycles. The van der Waals surface area contributed by atoms with Crippen molar-refractivity contribution in [3.05, 3.63) is 95.8 Å². The van der Waals surface area contributed by atoms with E-state index in [1.165, 1.54) is 17.7 Å². The fraction of sp³-hybridized carbons (Fsp3) is 0.240. The van der Waals surface area contributed by atoms with Crippen LogP contribution in [0.3, 0.4) is 0 Å². The first-order chi connectivity index (χ1) is 15.8. The molecule has 174 valence electrons. The Morgan fingerprint density at radius 2 is 1.58 bits per heavy atom. The Morgan fingerprint density at radius 3 is 2.24 bits per heavy atom. The molecule has 6 nitrogen and oxygen atoms in total. The van der Waals surface area contributed by atoms with Gasteiger partial charge in [0.05, 0.1) is 11.3 Å². The Hall–Kier alpha value is -3.23. The second kappa shape index (κ2) is 11.6. The molecule has 0 atom stereocenters. The smallest absolute Gasteiger partial charge is 0.261 e. The van der Waals surface area contributed by atoms with Crippen molar-refractivity contribution < 1.29 is 17.6 Å². The molecule has 8 heteroatoms. The predicted octanol–water partition coefficient (Wildman–Crippen LogP) is 3.81. The summed E-state index contributed by atoms with van der Waals surface area (Å²) >= 11 is 0.